The van der Waals surface area contributed by atoms with Crippen LogP contribution in [-0.4, -0.2) is 4.57 Å². The molecule has 3 aromatic heterocycles. The van der Waals surface area contributed by atoms with E-state index in [-0.39, 0.29) is 0 Å². The Hall–Kier alpha value is -7.14. The van der Waals surface area contributed by atoms with Crippen LogP contribution in [0, 0.1) is 0 Å². The molecule has 0 aliphatic rings. The van der Waals surface area contributed by atoms with Crippen molar-refractivity contribution < 1.29 is 4.42 Å². The van der Waals surface area contributed by atoms with Gasteiger partial charge >= 0.3 is 0 Å². The van der Waals surface area contributed by atoms with E-state index in [2.05, 4.69) is 191 Å². The first-order valence-electron chi connectivity index (χ1n) is 19.0. The summed E-state index contributed by atoms with van der Waals surface area (Å²) in [6.45, 7) is 0. The molecule has 4 heteroatoms. The molecule has 0 bridgehead atoms. The first kappa shape index (κ1) is 31.2. The van der Waals surface area contributed by atoms with E-state index in [1.807, 2.05) is 23.5 Å². The molecule has 0 atom stereocenters. The number of anilines is 3. The fourth-order valence-electron chi connectivity index (χ4n) is 8.84. The van der Waals surface area contributed by atoms with Crippen LogP contribution in [0.3, 0.4) is 0 Å². The lowest BCUT2D eigenvalue weighted by molar-refractivity contribution is 0.669. The summed E-state index contributed by atoms with van der Waals surface area (Å²) in [5.41, 5.74) is 10.9. The number of rotatable bonds is 5. The van der Waals surface area contributed by atoms with Crippen LogP contribution < -0.4 is 4.90 Å². The fourth-order valence-corrected chi connectivity index (χ4v) is 9.98. The molecule has 3 nitrogen and oxygen atoms in total. The van der Waals surface area contributed by atoms with Crippen molar-refractivity contribution >= 4 is 103 Å². The second-order valence-electron chi connectivity index (χ2n) is 14.5. The number of hydrogen-bond donors (Lipinski definition) is 0. The lowest BCUT2D eigenvalue weighted by Gasteiger charge is -2.26. The summed E-state index contributed by atoms with van der Waals surface area (Å²) >= 11 is 1.84. The summed E-state index contributed by atoms with van der Waals surface area (Å²) < 4.78 is 11.4. The Kier molecular flexibility index (Phi) is 6.80. The number of thiophene rings is 1. The monoisotopic (exact) mass is 732 g/mol. The lowest BCUT2D eigenvalue weighted by Crippen LogP contribution is -2.09. The molecule has 3 heterocycles. The third-order valence-corrected chi connectivity index (χ3v) is 12.5. The third-order valence-electron chi connectivity index (χ3n) is 11.4. The molecule has 0 fully saturated rings. The van der Waals surface area contributed by atoms with Crippen molar-refractivity contribution in [3.8, 4) is 16.8 Å². The number of furan rings is 1. The van der Waals surface area contributed by atoms with Gasteiger partial charge in [-0.3, -0.25) is 0 Å². The van der Waals surface area contributed by atoms with Gasteiger partial charge in [0.2, 0.25) is 0 Å². The van der Waals surface area contributed by atoms with Gasteiger partial charge in [-0.1, -0.05) is 127 Å². The summed E-state index contributed by atoms with van der Waals surface area (Å²) in [6, 6.07) is 70.3. The van der Waals surface area contributed by atoms with Crippen LogP contribution in [0.4, 0.5) is 17.1 Å². The average Bonchev–Trinajstić information content (AvgIpc) is 3.93. The van der Waals surface area contributed by atoms with E-state index >= 15 is 0 Å². The predicted octanol–water partition coefficient (Wildman–Crippen LogP) is 15.3. The molecule has 262 valence electrons. The van der Waals surface area contributed by atoms with E-state index in [0.29, 0.717) is 0 Å². The van der Waals surface area contributed by atoms with E-state index in [1.54, 1.807) is 0 Å². The van der Waals surface area contributed by atoms with Crippen LogP contribution in [0.5, 0.6) is 0 Å². The zero-order valence-corrected chi connectivity index (χ0v) is 31.0. The van der Waals surface area contributed by atoms with Gasteiger partial charge in [0.15, 0.2) is 0 Å². The van der Waals surface area contributed by atoms with E-state index < -0.39 is 0 Å². The van der Waals surface area contributed by atoms with Crippen molar-refractivity contribution in [1.29, 1.82) is 0 Å². The van der Waals surface area contributed by atoms with E-state index in [9.17, 15) is 0 Å². The molecule has 0 unspecified atom stereocenters. The standard InChI is InChI=1S/C52H32N2OS/c1-2-13-39-33(11-1)23-28-45-40-14-4-8-18-47(40)54(52(39)45)46-17-7-3-12-38(46)34-21-24-35(25-22-34)53(36-26-29-42-41-15-5-9-19-48(41)55-49(42)31-36)37-27-30-44-43-16-6-10-20-50(43)56-51(44)32-37/h1-32H. The zero-order valence-electron chi connectivity index (χ0n) is 30.2. The molecule has 56 heavy (non-hydrogen) atoms. The van der Waals surface area contributed by atoms with Crippen molar-refractivity contribution in [3.05, 3.63) is 194 Å². The number of nitrogens with zero attached hydrogens (tertiary/aromatic N) is 2. The van der Waals surface area contributed by atoms with E-state index in [4.69, 9.17) is 4.42 Å². The van der Waals surface area contributed by atoms with E-state index in [1.165, 1.54) is 58.3 Å². The molecule has 12 rings (SSSR count). The molecule has 0 aliphatic heterocycles. The van der Waals surface area contributed by atoms with E-state index in [0.717, 1.165) is 50.3 Å². The average molecular weight is 733 g/mol. The van der Waals surface area contributed by atoms with Crippen LogP contribution in [0.1, 0.15) is 0 Å². The highest BCUT2D eigenvalue weighted by molar-refractivity contribution is 7.25. The van der Waals surface area contributed by atoms with Gasteiger partial charge in [0.1, 0.15) is 11.2 Å². The maximum Gasteiger partial charge on any atom is 0.137 e. The van der Waals surface area contributed by atoms with Gasteiger partial charge in [-0.05, 0) is 71.6 Å². The van der Waals surface area contributed by atoms with Gasteiger partial charge in [-0.2, -0.15) is 0 Å². The Labute approximate surface area is 326 Å². The largest absolute Gasteiger partial charge is 0.456 e. The summed E-state index contributed by atoms with van der Waals surface area (Å²) in [6.07, 6.45) is 0. The van der Waals surface area contributed by atoms with Crippen molar-refractivity contribution in [2.45, 2.75) is 0 Å². The second kappa shape index (κ2) is 12.2. The molecule has 0 saturated carbocycles. The second-order valence-corrected chi connectivity index (χ2v) is 15.6. The van der Waals surface area contributed by atoms with Gasteiger partial charge in [-0.15, -0.1) is 11.3 Å². The minimum Gasteiger partial charge on any atom is -0.456 e. The molecular weight excluding hydrogens is 701 g/mol. The molecule has 0 aliphatic carbocycles. The van der Waals surface area contributed by atoms with Crippen LogP contribution in [0.2, 0.25) is 0 Å². The number of benzene rings is 9. The highest BCUT2D eigenvalue weighted by atomic mass is 32.1. The third kappa shape index (κ3) is 4.70. The van der Waals surface area contributed by atoms with Gasteiger partial charge < -0.3 is 13.9 Å². The van der Waals surface area contributed by atoms with Crippen molar-refractivity contribution in [2.75, 3.05) is 4.90 Å². The van der Waals surface area contributed by atoms with Gasteiger partial charge in [0.25, 0.3) is 0 Å². The van der Waals surface area contributed by atoms with Gasteiger partial charge in [0.05, 0.1) is 16.7 Å². The first-order valence-corrected chi connectivity index (χ1v) is 19.8. The topological polar surface area (TPSA) is 21.3 Å². The van der Waals surface area contributed by atoms with Crippen LogP contribution in [-0.2, 0) is 0 Å². The molecule has 0 amide bonds. The van der Waals surface area contributed by atoms with Gasteiger partial charge in [0, 0.05) is 75.8 Å². The van der Waals surface area contributed by atoms with Crippen LogP contribution in [0.15, 0.2) is 199 Å². The fraction of sp³-hybridized carbons (Fsp3) is 0. The molecule has 0 spiro atoms. The molecule has 0 radical (unpaired) electrons. The van der Waals surface area contributed by atoms with Crippen molar-refractivity contribution in [3.63, 3.8) is 0 Å². The molecule has 9 aromatic carbocycles. The maximum atomic E-state index is 6.41. The first-order chi connectivity index (χ1) is 27.8. The molecule has 12 aromatic rings. The molecular formula is C52H32N2OS. The zero-order chi connectivity index (χ0) is 36.7. The smallest absolute Gasteiger partial charge is 0.137 e. The number of para-hydroxylation sites is 3. The number of hydrogen-bond acceptors (Lipinski definition) is 3. The van der Waals surface area contributed by atoms with Crippen molar-refractivity contribution in [2.24, 2.45) is 0 Å². The Morgan fingerprint density at radius 2 is 1.04 bits per heavy atom. The summed E-state index contributed by atoms with van der Waals surface area (Å²) in [4.78, 5) is 2.35. The van der Waals surface area contributed by atoms with Crippen molar-refractivity contribution in [1.82, 2.24) is 4.57 Å². The quantitative estimate of drug-likeness (QED) is 0.176. The molecule has 0 N–H and O–H groups in total. The summed E-state index contributed by atoms with van der Waals surface area (Å²) in [5, 5.41) is 9.84. The molecule has 0 saturated heterocycles. The number of fused-ring (bicyclic) bond motifs is 11. The minimum atomic E-state index is 0.876. The van der Waals surface area contributed by atoms with Crippen LogP contribution in [0.25, 0.3) is 91.5 Å². The SMILES string of the molecule is c1ccc(-n2c3ccccc3c3ccc4ccccc4c32)c(-c2ccc(N(c3ccc4c(c3)oc3ccccc34)c3ccc4c(c3)sc3ccccc34)cc2)c1. The van der Waals surface area contributed by atoms with Gasteiger partial charge in [-0.25, -0.2) is 0 Å². The normalized spacial score (nSPS) is 11.9. The predicted molar refractivity (Wildman–Crippen MR) is 239 cm³/mol. The minimum absolute atomic E-state index is 0.876. The Morgan fingerprint density at radius 3 is 1.93 bits per heavy atom. The number of aromatic nitrogens is 1. The Morgan fingerprint density at radius 1 is 0.411 bits per heavy atom. The Bertz CT molecular complexity index is 3380. The highest BCUT2D eigenvalue weighted by Gasteiger charge is 2.20. The summed E-state index contributed by atoms with van der Waals surface area (Å²) in [7, 11) is 0. The summed E-state index contributed by atoms with van der Waals surface area (Å²) in [5.74, 6) is 0. The lowest BCUT2D eigenvalue weighted by atomic mass is 10.0. The highest BCUT2D eigenvalue weighted by Crippen LogP contribution is 2.44. The van der Waals surface area contributed by atoms with Crippen LogP contribution >= 0.6 is 11.3 Å². The maximum absolute atomic E-state index is 6.41. The Balaban J connectivity index is 1.03.